The Morgan fingerprint density at radius 1 is 1.30 bits per heavy atom. The molecule has 5 N–H and O–H groups in total. The fourth-order valence-electron chi connectivity index (χ4n) is 4.47. The first kappa shape index (κ1) is 32.0. The molecule has 2 aromatic heterocycles. The lowest BCUT2D eigenvalue weighted by Gasteiger charge is -2.26. The number of aromatic nitrogens is 2. The highest BCUT2D eigenvalue weighted by molar-refractivity contribution is 6.42. The van der Waals surface area contributed by atoms with Crippen LogP contribution in [0.4, 0.5) is 11.5 Å². The standard InChI is InChI=1S/C31H35ClN8O4/c1-18(30(42)38-26(17-41)25-7-6-8-27(37-25)39(3)4)40-16-21-10-9-20(13-23(21)31(40)43)29(33)24(32)15-35-19(2)36-22-11-12-34-28(14-22)44-5/h6-15,18,26,41H,2,16-17,33H2,1,3-5H3,(H,34,36)(H,38,42)/b29-24+,35-15-/t18-,26-/m1/s1. The SMILES string of the molecule is C=C(/N=C\C(Cl)=C(/N)c1ccc2c(c1)C(=O)N([C@H](C)C(=O)N[C@H](CO)c1cccc(N(C)C)n1)C2)Nc1ccnc(OC)c1. The summed E-state index contributed by atoms with van der Waals surface area (Å²) >= 11 is 6.44. The Bertz CT molecular complexity index is 1620. The van der Waals surface area contributed by atoms with E-state index in [0.717, 1.165) is 5.56 Å². The molecule has 1 aromatic carbocycles. The van der Waals surface area contributed by atoms with Gasteiger partial charge in [0, 0.05) is 50.4 Å². The first-order chi connectivity index (χ1) is 21.0. The summed E-state index contributed by atoms with van der Waals surface area (Å²) in [5, 5.41) is 16.0. The second-order valence-corrected chi connectivity index (χ2v) is 10.6. The third kappa shape index (κ3) is 7.33. The lowest BCUT2D eigenvalue weighted by molar-refractivity contribution is -0.126. The number of nitrogens with zero attached hydrogens (tertiary/aromatic N) is 5. The molecule has 2 atom stereocenters. The smallest absolute Gasteiger partial charge is 0.255 e. The van der Waals surface area contributed by atoms with E-state index in [4.69, 9.17) is 22.1 Å². The normalized spacial score (nSPS) is 14.5. The number of rotatable bonds is 12. The predicted molar refractivity (Wildman–Crippen MR) is 171 cm³/mol. The van der Waals surface area contributed by atoms with Crippen LogP contribution in [-0.2, 0) is 11.3 Å². The lowest BCUT2D eigenvalue weighted by Crippen LogP contribution is -2.47. The van der Waals surface area contributed by atoms with Gasteiger partial charge in [-0.05, 0) is 42.3 Å². The molecule has 0 radical (unpaired) electrons. The van der Waals surface area contributed by atoms with E-state index in [-0.39, 0.29) is 29.8 Å². The van der Waals surface area contributed by atoms with Gasteiger partial charge in [-0.2, -0.15) is 0 Å². The number of benzene rings is 1. The molecule has 3 heterocycles. The summed E-state index contributed by atoms with van der Waals surface area (Å²) in [7, 11) is 5.23. The van der Waals surface area contributed by atoms with Crippen LogP contribution in [0.2, 0.25) is 0 Å². The van der Waals surface area contributed by atoms with E-state index in [9.17, 15) is 14.7 Å². The fourth-order valence-corrected chi connectivity index (χ4v) is 4.63. The fraction of sp³-hybridized carbons (Fsp3) is 0.258. The Balaban J connectivity index is 1.43. The number of anilines is 2. The maximum Gasteiger partial charge on any atom is 0.255 e. The second kappa shape index (κ2) is 14.0. The highest BCUT2D eigenvalue weighted by atomic mass is 35.5. The average molecular weight is 619 g/mol. The van der Waals surface area contributed by atoms with Crippen molar-refractivity contribution in [2.45, 2.75) is 25.6 Å². The van der Waals surface area contributed by atoms with Gasteiger partial charge in [-0.3, -0.25) is 9.59 Å². The van der Waals surface area contributed by atoms with Crippen molar-refractivity contribution in [3.05, 3.63) is 94.5 Å². The Hall–Kier alpha value is -4.94. The van der Waals surface area contributed by atoms with Crippen molar-refractivity contribution in [3.8, 4) is 5.88 Å². The summed E-state index contributed by atoms with van der Waals surface area (Å²) in [6, 6.07) is 12.4. The molecule has 44 heavy (non-hydrogen) atoms. The summed E-state index contributed by atoms with van der Waals surface area (Å²) in [6.07, 6.45) is 2.94. The zero-order valence-electron chi connectivity index (χ0n) is 24.9. The van der Waals surface area contributed by atoms with Crippen molar-refractivity contribution in [1.82, 2.24) is 20.2 Å². The number of allylic oxidation sites excluding steroid dienone is 1. The Kier molecular flexibility index (Phi) is 10.2. The third-order valence-electron chi connectivity index (χ3n) is 6.99. The molecule has 2 amide bonds. The zero-order valence-corrected chi connectivity index (χ0v) is 25.7. The van der Waals surface area contributed by atoms with Crippen molar-refractivity contribution < 1.29 is 19.4 Å². The monoisotopic (exact) mass is 618 g/mol. The molecule has 0 saturated heterocycles. The number of carbonyl (C=O) groups is 2. The third-order valence-corrected chi connectivity index (χ3v) is 7.29. The molecule has 4 rings (SSSR count). The van der Waals surface area contributed by atoms with Crippen LogP contribution in [0, 0.1) is 0 Å². The number of carbonyl (C=O) groups excluding carboxylic acids is 2. The van der Waals surface area contributed by atoms with E-state index in [1.807, 2.05) is 25.1 Å². The van der Waals surface area contributed by atoms with Gasteiger partial charge in [-0.15, -0.1) is 0 Å². The highest BCUT2D eigenvalue weighted by Crippen LogP contribution is 2.28. The van der Waals surface area contributed by atoms with Gasteiger partial charge in [0.05, 0.1) is 36.2 Å². The van der Waals surface area contributed by atoms with Gasteiger partial charge in [0.2, 0.25) is 11.8 Å². The molecule has 230 valence electrons. The maximum absolute atomic E-state index is 13.4. The molecule has 0 spiro atoms. The predicted octanol–water partition coefficient (Wildman–Crippen LogP) is 3.27. The minimum atomic E-state index is -0.813. The minimum absolute atomic E-state index is 0.150. The number of ether oxygens (including phenoxy) is 1. The Labute approximate surface area is 260 Å². The number of aliphatic imine (C=N–C) groups is 1. The molecule has 0 fully saturated rings. The topological polar surface area (TPSA) is 158 Å². The molecule has 0 bridgehead atoms. The molecular weight excluding hydrogens is 584 g/mol. The van der Waals surface area contributed by atoms with Crippen molar-refractivity contribution in [2.75, 3.05) is 38.0 Å². The van der Waals surface area contributed by atoms with Crippen LogP contribution < -0.4 is 26.0 Å². The number of methoxy groups -OCH3 is 1. The summed E-state index contributed by atoms with van der Waals surface area (Å²) in [6.45, 7) is 5.40. The summed E-state index contributed by atoms with van der Waals surface area (Å²) in [5.41, 5.74) is 9.41. The minimum Gasteiger partial charge on any atom is -0.481 e. The van der Waals surface area contributed by atoms with Crippen LogP contribution in [0.5, 0.6) is 5.88 Å². The first-order valence-electron chi connectivity index (χ1n) is 13.7. The van der Waals surface area contributed by atoms with Gasteiger partial charge in [-0.1, -0.05) is 36.4 Å². The number of aliphatic hydroxyl groups is 1. The van der Waals surface area contributed by atoms with E-state index in [2.05, 4.69) is 32.2 Å². The van der Waals surface area contributed by atoms with Crippen LogP contribution in [0.3, 0.4) is 0 Å². The second-order valence-electron chi connectivity index (χ2n) is 10.2. The summed E-state index contributed by atoms with van der Waals surface area (Å²) in [5.74, 6) is 0.699. The van der Waals surface area contributed by atoms with Crippen LogP contribution in [0.1, 0.15) is 40.1 Å². The molecule has 0 aliphatic carbocycles. The molecular formula is C31H35ClN8O4. The van der Waals surface area contributed by atoms with Crippen LogP contribution >= 0.6 is 11.6 Å². The number of fused-ring (bicyclic) bond motifs is 1. The molecule has 12 nitrogen and oxygen atoms in total. The molecule has 0 saturated carbocycles. The molecule has 0 unspecified atom stereocenters. The van der Waals surface area contributed by atoms with Gasteiger partial charge in [0.15, 0.2) is 0 Å². The molecule has 3 aromatic rings. The van der Waals surface area contributed by atoms with Crippen molar-refractivity contribution in [3.63, 3.8) is 0 Å². The zero-order chi connectivity index (χ0) is 32.0. The first-order valence-corrected chi connectivity index (χ1v) is 14.0. The Morgan fingerprint density at radius 2 is 2.07 bits per heavy atom. The summed E-state index contributed by atoms with van der Waals surface area (Å²) < 4.78 is 5.11. The number of nitrogens with one attached hydrogen (secondary N) is 2. The highest BCUT2D eigenvalue weighted by Gasteiger charge is 2.35. The van der Waals surface area contributed by atoms with Crippen LogP contribution in [-0.4, -0.2) is 71.9 Å². The van der Waals surface area contributed by atoms with Crippen molar-refractivity contribution in [1.29, 1.82) is 0 Å². The molecule has 1 aliphatic rings. The van der Waals surface area contributed by atoms with Gasteiger partial charge in [0.25, 0.3) is 5.91 Å². The number of nitrogens with two attached hydrogens (primary N) is 1. The quantitative estimate of drug-likeness (QED) is 0.224. The van der Waals surface area contributed by atoms with Crippen LogP contribution in [0.15, 0.2) is 77.2 Å². The largest absolute Gasteiger partial charge is 0.481 e. The number of amides is 2. The van der Waals surface area contributed by atoms with E-state index in [1.165, 1.54) is 18.2 Å². The average Bonchev–Trinajstić information content (AvgIpc) is 3.36. The van der Waals surface area contributed by atoms with Crippen molar-refractivity contribution in [2.24, 2.45) is 10.7 Å². The van der Waals surface area contributed by atoms with Crippen LogP contribution in [0.25, 0.3) is 5.70 Å². The maximum atomic E-state index is 13.4. The van der Waals surface area contributed by atoms with E-state index < -0.39 is 18.0 Å². The number of pyridine rings is 2. The van der Waals surface area contributed by atoms with Gasteiger partial charge < -0.3 is 36.0 Å². The Morgan fingerprint density at radius 3 is 2.77 bits per heavy atom. The van der Waals surface area contributed by atoms with Gasteiger partial charge in [-0.25, -0.2) is 15.0 Å². The van der Waals surface area contributed by atoms with Gasteiger partial charge >= 0.3 is 0 Å². The van der Waals surface area contributed by atoms with E-state index >= 15 is 0 Å². The van der Waals surface area contributed by atoms with Gasteiger partial charge in [0.1, 0.15) is 17.7 Å². The van der Waals surface area contributed by atoms with E-state index in [0.29, 0.717) is 40.0 Å². The summed E-state index contributed by atoms with van der Waals surface area (Å²) in [4.78, 5) is 42.7. The lowest BCUT2D eigenvalue weighted by atomic mass is 10.0. The number of aliphatic hydroxyl groups excluding tert-OH is 1. The number of hydrogen-bond donors (Lipinski definition) is 4. The van der Waals surface area contributed by atoms with E-state index in [1.54, 1.807) is 55.6 Å². The van der Waals surface area contributed by atoms with Crippen molar-refractivity contribution >= 4 is 46.8 Å². The molecule has 1 aliphatic heterocycles. The number of halogens is 1. The molecule has 13 heteroatoms. The number of hydrogen-bond acceptors (Lipinski definition) is 10.